The number of fused-ring (bicyclic) bond motifs is 1. The van der Waals surface area contributed by atoms with Crippen LogP contribution < -0.4 is 14.8 Å². The molecular weight excluding hydrogens is 470 g/mol. The van der Waals surface area contributed by atoms with Crippen molar-refractivity contribution in [2.75, 3.05) is 32.7 Å². The molecule has 1 aromatic heterocycles. The Morgan fingerprint density at radius 3 is 2.62 bits per heavy atom. The van der Waals surface area contributed by atoms with Crippen LogP contribution in [-0.2, 0) is 20.9 Å². The van der Waals surface area contributed by atoms with Crippen molar-refractivity contribution in [3.63, 3.8) is 0 Å². The monoisotopic (exact) mass is 507 g/mol. The van der Waals surface area contributed by atoms with Gasteiger partial charge in [0.05, 0.1) is 38.5 Å². The minimum absolute atomic E-state index is 0.0724. The number of anilines is 1. The highest BCUT2D eigenvalue weighted by Crippen LogP contribution is 2.28. The van der Waals surface area contributed by atoms with Gasteiger partial charge in [0.15, 0.2) is 0 Å². The van der Waals surface area contributed by atoms with Crippen LogP contribution in [0.3, 0.4) is 0 Å². The first-order valence-corrected chi connectivity index (χ1v) is 12.7. The minimum atomic E-state index is -0.356. The first kappa shape index (κ1) is 27.8. The van der Waals surface area contributed by atoms with E-state index in [4.69, 9.17) is 14.2 Å². The first-order valence-electron chi connectivity index (χ1n) is 12.7. The number of hydrogen-bond donors (Lipinski definition) is 1. The summed E-state index contributed by atoms with van der Waals surface area (Å²) < 4.78 is 15.9. The predicted octanol–water partition coefficient (Wildman–Crippen LogP) is 5.20. The van der Waals surface area contributed by atoms with Crippen LogP contribution in [0.1, 0.15) is 45.1 Å². The molecule has 3 rings (SSSR count). The first-order chi connectivity index (χ1) is 17.9. The topological polar surface area (TPSA) is 90.0 Å². The number of hydrogen-bond acceptors (Lipinski definition) is 7. The predicted molar refractivity (Wildman–Crippen MR) is 145 cm³/mol. The number of methoxy groups -OCH3 is 2. The summed E-state index contributed by atoms with van der Waals surface area (Å²) in [5.41, 5.74) is 2.73. The summed E-state index contributed by atoms with van der Waals surface area (Å²) >= 11 is 0. The number of nitrogens with one attached hydrogen (secondary N) is 1. The fourth-order valence-electron chi connectivity index (χ4n) is 4.25. The van der Waals surface area contributed by atoms with E-state index in [9.17, 15) is 9.59 Å². The maximum Gasteiger partial charge on any atom is 0.306 e. The third-order valence-corrected chi connectivity index (χ3v) is 6.14. The average molecular weight is 508 g/mol. The zero-order chi connectivity index (χ0) is 26.6. The van der Waals surface area contributed by atoms with Crippen LogP contribution in [0.2, 0.25) is 0 Å². The van der Waals surface area contributed by atoms with Crippen molar-refractivity contribution in [1.29, 1.82) is 0 Å². The van der Waals surface area contributed by atoms with Crippen molar-refractivity contribution in [2.45, 2.75) is 52.1 Å². The van der Waals surface area contributed by atoms with Crippen LogP contribution in [0.5, 0.6) is 11.5 Å². The zero-order valence-corrected chi connectivity index (χ0v) is 22.2. The van der Waals surface area contributed by atoms with Gasteiger partial charge in [-0.3, -0.25) is 14.6 Å². The van der Waals surface area contributed by atoms with Crippen molar-refractivity contribution < 1.29 is 23.8 Å². The fraction of sp³-hybridized carbons (Fsp3) is 0.414. The fourth-order valence-corrected chi connectivity index (χ4v) is 4.25. The van der Waals surface area contributed by atoms with Gasteiger partial charge in [0.1, 0.15) is 11.5 Å². The number of benzene rings is 2. The van der Waals surface area contributed by atoms with Crippen LogP contribution in [0.25, 0.3) is 10.9 Å². The number of carbonyl (C=O) groups excluding carboxylic acids is 2. The summed E-state index contributed by atoms with van der Waals surface area (Å²) in [5.74, 6) is 1.07. The molecule has 0 saturated carbocycles. The number of esters is 1. The zero-order valence-electron chi connectivity index (χ0n) is 22.2. The summed E-state index contributed by atoms with van der Waals surface area (Å²) in [6, 6.07) is 15.7. The summed E-state index contributed by atoms with van der Waals surface area (Å²) in [4.78, 5) is 31.2. The van der Waals surface area contributed by atoms with Crippen LogP contribution in [0, 0.1) is 0 Å². The van der Waals surface area contributed by atoms with Gasteiger partial charge in [-0.05, 0) is 44.9 Å². The minimum Gasteiger partial charge on any atom is -0.497 e. The average Bonchev–Trinajstić information content (AvgIpc) is 2.91. The molecular formula is C29H37N3O5. The number of amides is 1. The molecule has 8 heteroatoms. The van der Waals surface area contributed by atoms with Crippen molar-refractivity contribution in [3.05, 3.63) is 60.3 Å². The maximum atomic E-state index is 13.1. The Hall–Kier alpha value is -3.81. The van der Waals surface area contributed by atoms with Crippen LogP contribution >= 0.6 is 0 Å². The maximum absolute atomic E-state index is 13.1. The summed E-state index contributed by atoms with van der Waals surface area (Å²) in [5, 5.41) is 4.56. The van der Waals surface area contributed by atoms with Gasteiger partial charge in [-0.1, -0.05) is 24.3 Å². The molecule has 0 fully saturated rings. The number of rotatable bonds is 14. The van der Waals surface area contributed by atoms with Crippen molar-refractivity contribution in [3.8, 4) is 11.5 Å². The van der Waals surface area contributed by atoms with E-state index in [2.05, 4.69) is 17.2 Å². The van der Waals surface area contributed by atoms with Gasteiger partial charge < -0.3 is 24.4 Å². The second-order valence-corrected chi connectivity index (χ2v) is 8.87. The lowest BCUT2D eigenvalue weighted by molar-refractivity contribution is -0.145. The molecule has 0 bridgehead atoms. The van der Waals surface area contributed by atoms with E-state index in [0.29, 0.717) is 19.7 Å². The highest BCUT2D eigenvalue weighted by molar-refractivity contribution is 5.92. The molecule has 0 saturated heterocycles. The van der Waals surface area contributed by atoms with Crippen LogP contribution in [0.4, 0.5) is 5.69 Å². The molecule has 0 aliphatic carbocycles. The summed E-state index contributed by atoms with van der Waals surface area (Å²) in [7, 11) is 3.27. The Bertz CT molecular complexity index is 1180. The van der Waals surface area contributed by atoms with Gasteiger partial charge in [-0.2, -0.15) is 0 Å². The standard InChI is InChI=1S/C29H37N3O5/c1-5-37-28(34)15-14-27(33)32(20-23-11-6-7-13-26(23)36-4)17-9-10-21(2)31-25-19-24(35-3)18-22-12-8-16-30-29(22)25/h6-8,11-13,16,18-19,21,31H,5,9-10,14-15,17,20H2,1-4H3. The second kappa shape index (κ2) is 14.1. The van der Waals surface area contributed by atoms with Gasteiger partial charge in [-0.15, -0.1) is 0 Å². The molecule has 0 radical (unpaired) electrons. The Morgan fingerprint density at radius 2 is 1.86 bits per heavy atom. The largest absolute Gasteiger partial charge is 0.497 e. The SMILES string of the molecule is CCOC(=O)CCC(=O)N(CCCC(C)Nc1cc(OC)cc2cccnc12)Cc1ccccc1OC. The molecule has 1 amide bonds. The quantitative estimate of drug-likeness (QED) is 0.300. The third kappa shape index (κ3) is 8.10. The molecule has 1 heterocycles. The Balaban J connectivity index is 1.65. The molecule has 8 nitrogen and oxygen atoms in total. The van der Waals surface area contributed by atoms with Gasteiger partial charge in [0, 0.05) is 48.8 Å². The van der Waals surface area contributed by atoms with Gasteiger partial charge in [-0.25, -0.2) is 0 Å². The Labute approximate surface area is 218 Å². The van der Waals surface area contributed by atoms with Crippen molar-refractivity contribution in [2.24, 2.45) is 0 Å². The van der Waals surface area contributed by atoms with E-state index >= 15 is 0 Å². The molecule has 1 unspecified atom stereocenters. The van der Waals surface area contributed by atoms with E-state index in [0.717, 1.165) is 46.5 Å². The molecule has 198 valence electrons. The smallest absolute Gasteiger partial charge is 0.306 e. The molecule has 1 atom stereocenters. The Morgan fingerprint density at radius 1 is 1.05 bits per heavy atom. The van der Waals surface area contributed by atoms with Crippen molar-refractivity contribution >= 4 is 28.5 Å². The molecule has 1 N–H and O–H groups in total. The molecule has 0 aliphatic rings. The second-order valence-electron chi connectivity index (χ2n) is 8.87. The van der Waals surface area contributed by atoms with Crippen LogP contribution in [-0.4, -0.2) is 55.2 Å². The molecule has 0 spiro atoms. The number of para-hydroxylation sites is 1. The third-order valence-electron chi connectivity index (χ3n) is 6.14. The number of aromatic nitrogens is 1. The summed E-state index contributed by atoms with van der Waals surface area (Å²) in [6.07, 6.45) is 3.58. The number of carbonyl (C=O) groups is 2. The van der Waals surface area contributed by atoms with Gasteiger partial charge >= 0.3 is 5.97 Å². The van der Waals surface area contributed by atoms with Crippen molar-refractivity contribution in [1.82, 2.24) is 9.88 Å². The molecule has 37 heavy (non-hydrogen) atoms. The van der Waals surface area contributed by atoms with E-state index in [1.165, 1.54) is 0 Å². The molecule has 3 aromatic rings. The van der Waals surface area contributed by atoms with E-state index in [1.54, 1.807) is 32.2 Å². The summed E-state index contributed by atoms with van der Waals surface area (Å²) in [6.45, 7) is 5.15. The molecule has 2 aromatic carbocycles. The Kier molecular flexibility index (Phi) is 10.6. The van der Waals surface area contributed by atoms with E-state index in [-0.39, 0.29) is 30.8 Å². The lowest BCUT2D eigenvalue weighted by atomic mass is 10.1. The van der Waals surface area contributed by atoms with Crippen LogP contribution in [0.15, 0.2) is 54.7 Å². The number of pyridine rings is 1. The van der Waals surface area contributed by atoms with Gasteiger partial charge in [0.2, 0.25) is 5.91 Å². The number of nitrogens with zero attached hydrogens (tertiary/aromatic N) is 2. The van der Waals surface area contributed by atoms with E-state index < -0.39 is 0 Å². The highest BCUT2D eigenvalue weighted by atomic mass is 16.5. The number of ether oxygens (including phenoxy) is 3. The highest BCUT2D eigenvalue weighted by Gasteiger charge is 2.18. The lowest BCUT2D eigenvalue weighted by Gasteiger charge is -2.25. The molecule has 0 aliphatic heterocycles. The van der Waals surface area contributed by atoms with Gasteiger partial charge in [0.25, 0.3) is 0 Å². The van der Waals surface area contributed by atoms with E-state index in [1.807, 2.05) is 48.5 Å². The normalized spacial score (nSPS) is 11.6. The lowest BCUT2D eigenvalue weighted by Crippen LogP contribution is -2.32.